The third-order valence-electron chi connectivity index (χ3n) is 4.17. The van der Waals surface area contributed by atoms with Gasteiger partial charge in [-0.25, -0.2) is 5.43 Å². The van der Waals surface area contributed by atoms with Gasteiger partial charge in [-0.15, -0.1) is 0 Å². The van der Waals surface area contributed by atoms with E-state index in [0.717, 1.165) is 0 Å². The van der Waals surface area contributed by atoms with Crippen molar-refractivity contribution in [3.8, 4) is 11.5 Å². The molecule has 0 saturated heterocycles. The second-order valence-electron chi connectivity index (χ2n) is 7.18. The van der Waals surface area contributed by atoms with Crippen molar-refractivity contribution in [2.75, 3.05) is 6.61 Å². The number of hydrogen-bond acceptors (Lipinski definition) is 5. The summed E-state index contributed by atoms with van der Waals surface area (Å²) in [6.07, 6.45) is 1.80. The van der Waals surface area contributed by atoms with E-state index >= 15 is 0 Å². The highest BCUT2D eigenvalue weighted by Crippen LogP contribution is 2.34. The van der Waals surface area contributed by atoms with E-state index in [4.69, 9.17) is 27.9 Å². The molecule has 2 aromatic carbocycles. The molecule has 0 radical (unpaired) electrons. The zero-order chi connectivity index (χ0) is 23.0. The Labute approximate surface area is 191 Å². The fourth-order valence-corrected chi connectivity index (χ4v) is 3.07. The van der Waals surface area contributed by atoms with Gasteiger partial charge in [0.25, 0.3) is 11.8 Å². The van der Waals surface area contributed by atoms with Crippen LogP contribution in [0.5, 0.6) is 11.5 Å². The maximum atomic E-state index is 12.6. The number of hydrazone groups is 1. The molecule has 0 fully saturated rings. The van der Waals surface area contributed by atoms with E-state index in [0.29, 0.717) is 29.2 Å². The average molecular weight is 466 g/mol. The van der Waals surface area contributed by atoms with Gasteiger partial charge in [0.15, 0.2) is 11.5 Å². The lowest BCUT2D eigenvalue weighted by Gasteiger charge is -2.19. The second kappa shape index (κ2) is 11.6. The number of aromatic hydroxyl groups is 1. The van der Waals surface area contributed by atoms with Crippen LogP contribution in [0.25, 0.3) is 0 Å². The largest absolute Gasteiger partial charge is 0.503 e. The van der Waals surface area contributed by atoms with Crippen molar-refractivity contribution >= 4 is 41.2 Å². The molecule has 3 N–H and O–H groups in total. The van der Waals surface area contributed by atoms with E-state index in [2.05, 4.69) is 15.8 Å². The van der Waals surface area contributed by atoms with Gasteiger partial charge in [-0.3, -0.25) is 9.59 Å². The van der Waals surface area contributed by atoms with Gasteiger partial charge in [0.05, 0.1) is 17.8 Å². The van der Waals surface area contributed by atoms with Crippen molar-refractivity contribution < 1.29 is 19.4 Å². The van der Waals surface area contributed by atoms with Crippen molar-refractivity contribution in [1.82, 2.24) is 10.7 Å². The molecule has 9 heteroatoms. The summed E-state index contributed by atoms with van der Waals surface area (Å²) in [6, 6.07) is 8.66. The number of nitrogens with zero attached hydrogens (tertiary/aromatic N) is 1. The zero-order valence-electron chi connectivity index (χ0n) is 17.5. The molecule has 1 unspecified atom stereocenters. The molecule has 0 aromatic heterocycles. The maximum Gasteiger partial charge on any atom is 0.262 e. The molecule has 0 aliphatic carbocycles. The number of halogens is 2. The summed E-state index contributed by atoms with van der Waals surface area (Å²) in [7, 11) is 0. The number of hydrogen-bond donors (Lipinski definition) is 3. The van der Waals surface area contributed by atoms with E-state index in [-0.39, 0.29) is 28.3 Å². The number of rotatable bonds is 9. The maximum absolute atomic E-state index is 12.6. The first-order valence-corrected chi connectivity index (χ1v) is 10.5. The molecule has 0 saturated carbocycles. The van der Waals surface area contributed by atoms with Crippen molar-refractivity contribution in [2.24, 2.45) is 11.0 Å². The van der Waals surface area contributed by atoms with Gasteiger partial charge in [0.2, 0.25) is 0 Å². The van der Waals surface area contributed by atoms with Gasteiger partial charge < -0.3 is 15.2 Å². The number of carbonyl (C=O) groups is 2. The van der Waals surface area contributed by atoms with E-state index in [9.17, 15) is 14.7 Å². The van der Waals surface area contributed by atoms with E-state index in [1.54, 1.807) is 37.3 Å². The van der Waals surface area contributed by atoms with Crippen LogP contribution < -0.4 is 15.5 Å². The average Bonchev–Trinajstić information content (AvgIpc) is 2.71. The van der Waals surface area contributed by atoms with Crippen LogP contribution in [-0.2, 0) is 4.79 Å². The Morgan fingerprint density at radius 2 is 1.87 bits per heavy atom. The highest BCUT2D eigenvalue weighted by Gasteiger charge is 2.22. The molecule has 7 nitrogen and oxygen atoms in total. The van der Waals surface area contributed by atoms with Gasteiger partial charge in [0.1, 0.15) is 6.04 Å². The molecular formula is C22H25Cl2N3O4. The van der Waals surface area contributed by atoms with Crippen LogP contribution in [0.15, 0.2) is 41.5 Å². The predicted octanol–water partition coefficient (Wildman–Crippen LogP) is 4.39. The number of ether oxygens (including phenoxy) is 1. The van der Waals surface area contributed by atoms with Crippen LogP contribution in [0.4, 0.5) is 0 Å². The zero-order valence-corrected chi connectivity index (χ0v) is 19.0. The Morgan fingerprint density at radius 1 is 1.19 bits per heavy atom. The lowest BCUT2D eigenvalue weighted by Crippen LogP contribution is -2.46. The Bertz CT molecular complexity index is 947. The first-order chi connectivity index (χ1) is 14.7. The molecule has 2 aromatic rings. The molecule has 2 amide bonds. The van der Waals surface area contributed by atoms with Crippen LogP contribution in [-0.4, -0.2) is 35.8 Å². The van der Waals surface area contributed by atoms with Gasteiger partial charge in [-0.2, -0.15) is 5.10 Å². The third-order valence-corrected chi connectivity index (χ3v) is 4.71. The van der Waals surface area contributed by atoms with Crippen LogP contribution in [0.1, 0.15) is 43.1 Å². The molecule has 0 aliphatic rings. The minimum absolute atomic E-state index is 0.103. The molecule has 0 aliphatic heterocycles. The molecule has 2 rings (SSSR count). The van der Waals surface area contributed by atoms with E-state index in [1.807, 2.05) is 13.8 Å². The summed E-state index contributed by atoms with van der Waals surface area (Å²) in [5.74, 6) is -0.618. The lowest BCUT2D eigenvalue weighted by molar-refractivity contribution is -0.123. The van der Waals surface area contributed by atoms with Crippen LogP contribution in [0, 0.1) is 5.92 Å². The summed E-state index contributed by atoms with van der Waals surface area (Å²) >= 11 is 11.8. The van der Waals surface area contributed by atoms with Crippen molar-refractivity contribution in [2.45, 2.75) is 33.2 Å². The normalized spacial score (nSPS) is 12.1. The van der Waals surface area contributed by atoms with Gasteiger partial charge in [-0.05, 0) is 61.2 Å². The Balaban J connectivity index is 2.08. The first kappa shape index (κ1) is 24.5. The molecule has 0 heterocycles. The van der Waals surface area contributed by atoms with Crippen LogP contribution in [0.3, 0.4) is 0 Å². The molecule has 1 atom stereocenters. The smallest absolute Gasteiger partial charge is 0.262 e. The topological polar surface area (TPSA) is 100 Å². The molecule has 166 valence electrons. The fraction of sp³-hybridized carbons (Fsp3) is 0.318. The SMILES string of the molecule is CCOc1cc(C=NNC(=O)C(CC(C)C)NC(=O)c2ccc(Cl)cc2)cc(Cl)c1O. The number of nitrogens with one attached hydrogen (secondary N) is 2. The Morgan fingerprint density at radius 3 is 2.48 bits per heavy atom. The van der Waals surface area contributed by atoms with E-state index < -0.39 is 11.9 Å². The van der Waals surface area contributed by atoms with E-state index in [1.165, 1.54) is 12.3 Å². The summed E-state index contributed by atoms with van der Waals surface area (Å²) < 4.78 is 5.32. The second-order valence-corrected chi connectivity index (χ2v) is 8.02. The molecule has 0 bridgehead atoms. The number of phenolic OH excluding ortho intramolecular Hbond substituents is 1. The number of carbonyl (C=O) groups excluding carboxylic acids is 2. The third kappa shape index (κ3) is 7.45. The minimum Gasteiger partial charge on any atom is -0.503 e. The van der Waals surface area contributed by atoms with Crippen LogP contribution in [0.2, 0.25) is 10.0 Å². The Kier molecular flexibility index (Phi) is 9.15. The number of phenols is 1. The van der Waals surface area contributed by atoms with Gasteiger partial charge >= 0.3 is 0 Å². The fourth-order valence-electron chi connectivity index (χ4n) is 2.73. The monoisotopic (exact) mass is 465 g/mol. The van der Waals surface area contributed by atoms with Gasteiger partial charge in [0, 0.05) is 10.6 Å². The summed E-state index contributed by atoms with van der Waals surface area (Å²) in [4.78, 5) is 25.1. The minimum atomic E-state index is -0.775. The predicted molar refractivity (Wildman–Crippen MR) is 122 cm³/mol. The summed E-state index contributed by atoms with van der Waals surface area (Å²) in [5, 5.41) is 17.2. The highest BCUT2D eigenvalue weighted by atomic mass is 35.5. The van der Waals surface area contributed by atoms with Crippen molar-refractivity contribution in [1.29, 1.82) is 0 Å². The lowest BCUT2D eigenvalue weighted by atomic mass is 10.0. The van der Waals surface area contributed by atoms with Crippen molar-refractivity contribution in [3.63, 3.8) is 0 Å². The standard InChI is InChI=1S/C22H25Cl2N3O4/c1-4-31-19-11-14(10-17(24)20(19)28)12-25-27-22(30)18(9-13(2)3)26-21(29)15-5-7-16(23)8-6-15/h5-8,10-13,18,28H,4,9H2,1-3H3,(H,26,29)(H,27,30). The highest BCUT2D eigenvalue weighted by molar-refractivity contribution is 6.32. The molecule has 0 spiro atoms. The number of amides is 2. The molecular weight excluding hydrogens is 441 g/mol. The molecule has 31 heavy (non-hydrogen) atoms. The van der Waals surface area contributed by atoms with Crippen molar-refractivity contribution in [3.05, 3.63) is 57.6 Å². The quantitative estimate of drug-likeness (QED) is 0.377. The van der Waals surface area contributed by atoms with Crippen LogP contribution >= 0.6 is 23.2 Å². The number of benzene rings is 2. The summed E-state index contributed by atoms with van der Waals surface area (Å²) in [5.41, 5.74) is 3.36. The summed E-state index contributed by atoms with van der Waals surface area (Å²) in [6.45, 7) is 6.03. The first-order valence-electron chi connectivity index (χ1n) is 9.75. The Hall–Kier alpha value is -2.77. The van der Waals surface area contributed by atoms with Gasteiger partial charge in [-0.1, -0.05) is 37.0 Å².